The SMILES string of the molecule is O=[N+]([O-])c1ccc(N/N=C/c2cc(Cl)ccc2O)cc1. The molecule has 0 aliphatic carbocycles. The maximum Gasteiger partial charge on any atom is 0.269 e. The predicted molar refractivity (Wildman–Crippen MR) is 77.4 cm³/mol. The molecule has 0 amide bonds. The highest BCUT2D eigenvalue weighted by molar-refractivity contribution is 6.30. The Morgan fingerprint density at radius 3 is 2.60 bits per heavy atom. The van der Waals surface area contributed by atoms with Gasteiger partial charge in [-0.05, 0) is 30.3 Å². The average Bonchev–Trinajstić information content (AvgIpc) is 2.43. The van der Waals surface area contributed by atoms with Gasteiger partial charge in [0.15, 0.2) is 0 Å². The molecule has 0 saturated heterocycles. The lowest BCUT2D eigenvalue weighted by Crippen LogP contribution is -1.92. The summed E-state index contributed by atoms with van der Waals surface area (Å²) in [4.78, 5) is 10.0. The average molecular weight is 292 g/mol. The van der Waals surface area contributed by atoms with Crippen molar-refractivity contribution in [3.63, 3.8) is 0 Å². The highest BCUT2D eigenvalue weighted by Gasteiger charge is 2.03. The van der Waals surface area contributed by atoms with Crippen molar-refractivity contribution in [3.8, 4) is 5.75 Å². The van der Waals surface area contributed by atoms with Crippen LogP contribution < -0.4 is 5.43 Å². The van der Waals surface area contributed by atoms with Crippen molar-refractivity contribution in [2.45, 2.75) is 0 Å². The molecule has 0 saturated carbocycles. The van der Waals surface area contributed by atoms with Crippen molar-refractivity contribution in [1.82, 2.24) is 0 Å². The van der Waals surface area contributed by atoms with E-state index in [0.717, 1.165) is 0 Å². The number of nitrogens with zero attached hydrogens (tertiary/aromatic N) is 2. The van der Waals surface area contributed by atoms with Crippen LogP contribution >= 0.6 is 11.6 Å². The third-order valence-electron chi connectivity index (χ3n) is 2.46. The Hall–Kier alpha value is -2.60. The van der Waals surface area contributed by atoms with Gasteiger partial charge in [0.2, 0.25) is 0 Å². The van der Waals surface area contributed by atoms with Crippen molar-refractivity contribution in [2.24, 2.45) is 5.10 Å². The molecule has 0 aromatic heterocycles. The van der Waals surface area contributed by atoms with Crippen LogP contribution in [0, 0.1) is 10.1 Å². The molecular weight excluding hydrogens is 282 g/mol. The van der Waals surface area contributed by atoms with Crippen LogP contribution in [0.5, 0.6) is 5.75 Å². The first-order valence-electron chi connectivity index (χ1n) is 5.58. The van der Waals surface area contributed by atoms with Gasteiger partial charge in [-0.1, -0.05) is 11.6 Å². The molecule has 0 bridgehead atoms. The van der Waals surface area contributed by atoms with Crippen LogP contribution in [0.15, 0.2) is 47.6 Å². The Balaban J connectivity index is 2.06. The van der Waals surface area contributed by atoms with Crippen molar-refractivity contribution < 1.29 is 10.0 Å². The van der Waals surface area contributed by atoms with E-state index in [4.69, 9.17) is 11.6 Å². The van der Waals surface area contributed by atoms with Crippen LogP contribution in [0.3, 0.4) is 0 Å². The van der Waals surface area contributed by atoms with E-state index in [2.05, 4.69) is 10.5 Å². The van der Waals surface area contributed by atoms with Gasteiger partial charge < -0.3 is 5.11 Å². The Morgan fingerprint density at radius 1 is 1.25 bits per heavy atom. The molecule has 0 atom stereocenters. The molecule has 2 aromatic rings. The van der Waals surface area contributed by atoms with E-state index in [1.165, 1.54) is 36.5 Å². The summed E-state index contributed by atoms with van der Waals surface area (Å²) < 4.78 is 0. The Kier molecular flexibility index (Phi) is 4.17. The molecule has 2 N–H and O–H groups in total. The van der Waals surface area contributed by atoms with E-state index in [1.807, 2.05) is 0 Å². The lowest BCUT2D eigenvalue weighted by Gasteiger charge is -2.01. The van der Waals surface area contributed by atoms with Gasteiger partial charge in [0, 0.05) is 22.7 Å². The van der Waals surface area contributed by atoms with E-state index < -0.39 is 4.92 Å². The van der Waals surface area contributed by atoms with Crippen LogP contribution in [-0.4, -0.2) is 16.2 Å². The number of phenols is 1. The lowest BCUT2D eigenvalue weighted by molar-refractivity contribution is -0.384. The zero-order valence-electron chi connectivity index (χ0n) is 10.2. The number of nitro groups is 1. The molecule has 2 aromatic carbocycles. The second kappa shape index (κ2) is 6.03. The molecule has 0 aliphatic heterocycles. The first-order valence-corrected chi connectivity index (χ1v) is 5.96. The fourth-order valence-corrected chi connectivity index (χ4v) is 1.64. The number of phenolic OH excluding ortho intramolecular Hbond substituents is 1. The molecule has 0 fully saturated rings. The Labute approximate surface area is 119 Å². The normalized spacial score (nSPS) is 10.7. The molecule has 0 spiro atoms. The minimum Gasteiger partial charge on any atom is -0.507 e. The van der Waals surface area contributed by atoms with Gasteiger partial charge >= 0.3 is 0 Å². The Morgan fingerprint density at radius 2 is 1.95 bits per heavy atom. The van der Waals surface area contributed by atoms with Gasteiger partial charge in [-0.25, -0.2) is 0 Å². The number of hydrazone groups is 1. The predicted octanol–water partition coefficient (Wildman–Crippen LogP) is 3.40. The van der Waals surface area contributed by atoms with Crippen molar-refractivity contribution in [3.05, 3.63) is 63.2 Å². The summed E-state index contributed by atoms with van der Waals surface area (Å²) in [5, 5.41) is 24.5. The molecule has 0 aliphatic rings. The third kappa shape index (κ3) is 3.46. The van der Waals surface area contributed by atoms with Gasteiger partial charge in [-0.3, -0.25) is 15.5 Å². The van der Waals surface area contributed by atoms with Gasteiger partial charge in [-0.2, -0.15) is 5.10 Å². The summed E-state index contributed by atoms with van der Waals surface area (Å²) in [6.07, 6.45) is 1.41. The molecule has 2 rings (SSSR count). The summed E-state index contributed by atoms with van der Waals surface area (Å²) in [6.45, 7) is 0. The van der Waals surface area contributed by atoms with Crippen LogP contribution in [0.1, 0.15) is 5.56 Å². The summed E-state index contributed by atoms with van der Waals surface area (Å²) in [5.41, 5.74) is 3.76. The molecule has 0 radical (unpaired) electrons. The van der Waals surface area contributed by atoms with Crippen LogP contribution in [0.2, 0.25) is 5.02 Å². The standard InChI is InChI=1S/C13H10ClN3O3/c14-10-1-6-13(18)9(7-10)8-15-16-11-2-4-12(5-3-11)17(19)20/h1-8,16,18H/b15-8+. The number of anilines is 1. The summed E-state index contributed by atoms with van der Waals surface area (Å²) in [5.74, 6) is 0.0589. The topological polar surface area (TPSA) is 87.8 Å². The number of benzene rings is 2. The van der Waals surface area contributed by atoms with Crippen LogP contribution in [-0.2, 0) is 0 Å². The van der Waals surface area contributed by atoms with Gasteiger partial charge in [-0.15, -0.1) is 0 Å². The zero-order valence-corrected chi connectivity index (χ0v) is 10.9. The lowest BCUT2D eigenvalue weighted by atomic mass is 10.2. The van der Waals surface area contributed by atoms with Gasteiger partial charge in [0.05, 0.1) is 16.8 Å². The summed E-state index contributed by atoms with van der Waals surface area (Å²) >= 11 is 5.80. The Bertz CT molecular complexity index is 656. The number of rotatable bonds is 4. The minimum atomic E-state index is -0.475. The molecule has 6 nitrogen and oxygen atoms in total. The fourth-order valence-electron chi connectivity index (χ4n) is 1.46. The zero-order chi connectivity index (χ0) is 14.5. The molecule has 20 heavy (non-hydrogen) atoms. The maximum atomic E-state index is 10.5. The van der Waals surface area contributed by atoms with Crippen molar-refractivity contribution in [1.29, 1.82) is 0 Å². The first-order chi connectivity index (χ1) is 9.56. The number of hydrogen-bond donors (Lipinski definition) is 2. The summed E-state index contributed by atoms with van der Waals surface area (Å²) in [7, 11) is 0. The summed E-state index contributed by atoms with van der Waals surface area (Å²) in [6, 6.07) is 10.4. The third-order valence-corrected chi connectivity index (χ3v) is 2.70. The number of aromatic hydroxyl groups is 1. The molecule has 0 unspecified atom stereocenters. The first kappa shape index (κ1) is 13.8. The monoisotopic (exact) mass is 291 g/mol. The van der Waals surface area contributed by atoms with Gasteiger partial charge in [0.1, 0.15) is 5.75 Å². The van der Waals surface area contributed by atoms with Crippen LogP contribution in [0.25, 0.3) is 0 Å². The highest BCUT2D eigenvalue weighted by Crippen LogP contribution is 2.20. The van der Waals surface area contributed by atoms with Gasteiger partial charge in [0.25, 0.3) is 5.69 Å². The highest BCUT2D eigenvalue weighted by atomic mass is 35.5. The van der Waals surface area contributed by atoms with E-state index in [9.17, 15) is 15.2 Å². The van der Waals surface area contributed by atoms with Crippen LogP contribution in [0.4, 0.5) is 11.4 Å². The quantitative estimate of drug-likeness (QED) is 0.513. The largest absolute Gasteiger partial charge is 0.507 e. The molecular formula is C13H10ClN3O3. The number of halogens is 1. The number of non-ortho nitro benzene ring substituents is 1. The number of nitrogens with one attached hydrogen (secondary N) is 1. The molecule has 7 heteroatoms. The molecule has 102 valence electrons. The number of hydrogen-bond acceptors (Lipinski definition) is 5. The molecule has 0 heterocycles. The van der Waals surface area contributed by atoms with E-state index in [1.54, 1.807) is 12.1 Å². The smallest absolute Gasteiger partial charge is 0.269 e. The van der Waals surface area contributed by atoms with Crippen molar-refractivity contribution in [2.75, 3.05) is 5.43 Å². The fraction of sp³-hybridized carbons (Fsp3) is 0. The maximum absolute atomic E-state index is 10.5. The van der Waals surface area contributed by atoms with Crippen molar-refractivity contribution >= 4 is 29.2 Å². The second-order valence-corrected chi connectivity index (χ2v) is 4.31. The van der Waals surface area contributed by atoms with E-state index >= 15 is 0 Å². The minimum absolute atomic E-state index is 0.00650. The second-order valence-electron chi connectivity index (χ2n) is 3.88. The van der Waals surface area contributed by atoms with E-state index in [0.29, 0.717) is 16.3 Å². The van der Waals surface area contributed by atoms with E-state index in [-0.39, 0.29) is 11.4 Å². The number of nitro benzene ring substituents is 1.